The number of nitrogens with one attached hydrogen (secondary N) is 1. The Morgan fingerprint density at radius 1 is 1.22 bits per heavy atom. The van der Waals surface area contributed by atoms with Gasteiger partial charge < -0.3 is 20.1 Å². The number of alkyl halides is 3. The van der Waals surface area contributed by atoms with Crippen molar-refractivity contribution in [3.8, 4) is 17.0 Å². The van der Waals surface area contributed by atoms with E-state index in [1.54, 1.807) is 17.9 Å². The molecule has 3 rings (SSSR count). The van der Waals surface area contributed by atoms with Gasteiger partial charge in [0.1, 0.15) is 17.2 Å². The third-order valence-corrected chi connectivity index (χ3v) is 4.99. The number of hydrogen-bond acceptors (Lipinski definition) is 6. The van der Waals surface area contributed by atoms with Crippen molar-refractivity contribution < 1.29 is 27.8 Å². The van der Waals surface area contributed by atoms with Gasteiger partial charge in [-0.15, -0.1) is 10.2 Å². The molecule has 1 aromatic heterocycles. The first kappa shape index (κ1) is 23.6. The zero-order valence-corrected chi connectivity index (χ0v) is 18.5. The van der Waals surface area contributed by atoms with E-state index in [2.05, 4.69) is 15.5 Å². The minimum Gasteiger partial charge on any atom is -0.507 e. The number of nitrogens with zero attached hydrogens (tertiary/aromatic N) is 3. The lowest BCUT2D eigenvalue weighted by atomic mass is 10.0. The van der Waals surface area contributed by atoms with Gasteiger partial charge in [0.2, 0.25) is 0 Å². The highest BCUT2D eigenvalue weighted by atomic mass is 19.4. The smallest absolute Gasteiger partial charge is 0.416 e. The molecule has 1 amide bonds. The van der Waals surface area contributed by atoms with E-state index in [9.17, 15) is 23.1 Å². The van der Waals surface area contributed by atoms with Gasteiger partial charge in [-0.05, 0) is 70.4 Å². The predicted octanol–water partition coefficient (Wildman–Crippen LogP) is 4.99. The largest absolute Gasteiger partial charge is 0.507 e. The summed E-state index contributed by atoms with van der Waals surface area (Å²) in [5.74, 6) is -0.0353. The number of piperidine rings is 1. The molecule has 1 fully saturated rings. The quantitative estimate of drug-likeness (QED) is 0.682. The Morgan fingerprint density at radius 3 is 2.53 bits per heavy atom. The molecule has 32 heavy (non-hydrogen) atoms. The van der Waals surface area contributed by atoms with Gasteiger partial charge in [0.15, 0.2) is 0 Å². The molecule has 1 aliphatic rings. The zero-order chi connectivity index (χ0) is 23.7. The maximum absolute atomic E-state index is 12.8. The number of ether oxygens (including phenoxy) is 1. The Hall–Kier alpha value is -3.04. The molecule has 0 bridgehead atoms. The Balaban J connectivity index is 1.71. The van der Waals surface area contributed by atoms with Crippen LogP contribution in [0.3, 0.4) is 0 Å². The molecule has 1 atom stereocenters. The monoisotopic (exact) mass is 452 g/mol. The van der Waals surface area contributed by atoms with Gasteiger partial charge in [0.05, 0.1) is 11.3 Å². The van der Waals surface area contributed by atoms with E-state index in [0.717, 1.165) is 18.9 Å². The summed E-state index contributed by atoms with van der Waals surface area (Å²) in [5, 5.41) is 21.6. The van der Waals surface area contributed by atoms with Crippen molar-refractivity contribution in [2.24, 2.45) is 0 Å². The minimum absolute atomic E-state index is 0.0460. The second-order valence-corrected chi connectivity index (χ2v) is 8.90. The highest BCUT2D eigenvalue weighted by Gasteiger charge is 2.31. The van der Waals surface area contributed by atoms with Crippen LogP contribution in [0.4, 0.5) is 23.8 Å². The molecule has 2 N–H and O–H groups in total. The van der Waals surface area contributed by atoms with Crippen molar-refractivity contribution in [1.29, 1.82) is 0 Å². The van der Waals surface area contributed by atoms with Crippen molar-refractivity contribution in [1.82, 2.24) is 15.1 Å². The van der Waals surface area contributed by atoms with E-state index in [1.807, 2.05) is 20.8 Å². The molecule has 1 aliphatic heterocycles. The van der Waals surface area contributed by atoms with Crippen molar-refractivity contribution in [2.45, 2.75) is 58.4 Å². The molecule has 0 aliphatic carbocycles. The first-order chi connectivity index (χ1) is 14.8. The minimum atomic E-state index is -4.54. The van der Waals surface area contributed by atoms with Crippen LogP contribution in [0.25, 0.3) is 11.3 Å². The van der Waals surface area contributed by atoms with Gasteiger partial charge >= 0.3 is 12.3 Å². The van der Waals surface area contributed by atoms with Crippen molar-refractivity contribution >= 4 is 11.9 Å². The fraction of sp³-hybridized carbons (Fsp3) is 0.500. The number of aromatic nitrogens is 2. The summed E-state index contributed by atoms with van der Waals surface area (Å²) in [5.41, 5.74) is -0.407. The van der Waals surface area contributed by atoms with E-state index in [4.69, 9.17) is 4.74 Å². The number of hydrogen-bond donors (Lipinski definition) is 2. The van der Waals surface area contributed by atoms with Gasteiger partial charge in [-0.1, -0.05) is 0 Å². The number of carbonyl (C=O) groups is 1. The predicted molar refractivity (Wildman–Crippen MR) is 113 cm³/mol. The number of phenols is 1. The lowest BCUT2D eigenvalue weighted by molar-refractivity contribution is -0.137. The number of likely N-dealkylation sites (tertiary alicyclic amines) is 1. The summed E-state index contributed by atoms with van der Waals surface area (Å²) in [4.78, 5) is 14.0. The second-order valence-electron chi connectivity index (χ2n) is 8.90. The van der Waals surface area contributed by atoms with E-state index in [-0.39, 0.29) is 17.7 Å². The van der Waals surface area contributed by atoms with E-state index in [0.29, 0.717) is 36.2 Å². The fourth-order valence-corrected chi connectivity index (χ4v) is 3.53. The van der Waals surface area contributed by atoms with Crippen LogP contribution in [0.15, 0.2) is 24.3 Å². The van der Waals surface area contributed by atoms with E-state index >= 15 is 0 Å². The van der Waals surface area contributed by atoms with Gasteiger partial charge in [0.25, 0.3) is 0 Å². The van der Waals surface area contributed by atoms with Crippen LogP contribution >= 0.6 is 0 Å². The molecule has 0 radical (unpaired) electrons. The molecule has 2 heterocycles. The maximum atomic E-state index is 12.8. The molecule has 0 saturated carbocycles. The second kappa shape index (κ2) is 8.84. The van der Waals surface area contributed by atoms with Crippen LogP contribution in [-0.4, -0.2) is 51.0 Å². The topological polar surface area (TPSA) is 87.6 Å². The van der Waals surface area contributed by atoms with Crippen molar-refractivity contribution in [3.05, 3.63) is 35.4 Å². The van der Waals surface area contributed by atoms with Crippen LogP contribution in [0, 0.1) is 6.92 Å². The van der Waals surface area contributed by atoms with Crippen LogP contribution in [-0.2, 0) is 10.9 Å². The van der Waals surface area contributed by atoms with Crippen LogP contribution in [0.5, 0.6) is 5.75 Å². The number of aromatic hydroxyl groups is 1. The number of benzene rings is 1. The summed E-state index contributed by atoms with van der Waals surface area (Å²) in [7, 11) is 0. The third kappa shape index (κ3) is 5.80. The molecular formula is C22H27F3N4O3. The molecule has 0 spiro atoms. The number of aryl methyl sites for hydroxylation is 1. The molecule has 1 aromatic carbocycles. The summed E-state index contributed by atoms with van der Waals surface area (Å²) in [6.07, 6.45) is -3.26. The summed E-state index contributed by atoms with van der Waals surface area (Å²) >= 11 is 0. The number of anilines is 1. The normalized spacial score (nSPS) is 17.2. The molecule has 1 saturated heterocycles. The first-order valence-electron chi connectivity index (χ1n) is 10.3. The lowest BCUT2D eigenvalue weighted by Crippen LogP contribution is -2.47. The Morgan fingerprint density at radius 2 is 1.94 bits per heavy atom. The fourth-order valence-electron chi connectivity index (χ4n) is 3.53. The van der Waals surface area contributed by atoms with E-state index in [1.165, 1.54) is 6.07 Å². The number of phenolic OH excluding ortho intramolecular Hbond substituents is 1. The maximum Gasteiger partial charge on any atom is 0.416 e. The molecule has 0 unspecified atom stereocenters. The molecule has 2 aromatic rings. The number of halogens is 3. The highest BCUT2D eigenvalue weighted by Crippen LogP contribution is 2.36. The van der Waals surface area contributed by atoms with Crippen LogP contribution in [0.1, 0.15) is 44.7 Å². The lowest BCUT2D eigenvalue weighted by Gasteiger charge is -2.34. The molecule has 7 nitrogen and oxygen atoms in total. The number of amides is 1. The number of rotatable bonds is 3. The van der Waals surface area contributed by atoms with Crippen molar-refractivity contribution in [2.75, 3.05) is 18.4 Å². The first-order valence-corrected chi connectivity index (χ1v) is 10.3. The summed E-state index contributed by atoms with van der Waals surface area (Å²) in [6, 6.07) is 4.43. The Labute approximate surface area is 184 Å². The van der Waals surface area contributed by atoms with Crippen LogP contribution < -0.4 is 5.32 Å². The van der Waals surface area contributed by atoms with Gasteiger partial charge in [-0.3, -0.25) is 0 Å². The van der Waals surface area contributed by atoms with Crippen LogP contribution in [0.2, 0.25) is 0 Å². The molecule has 10 heteroatoms. The van der Waals surface area contributed by atoms with Crippen molar-refractivity contribution in [3.63, 3.8) is 0 Å². The van der Waals surface area contributed by atoms with Gasteiger partial charge in [-0.25, -0.2) is 4.79 Å². The van der Waals surface area contributed by atoms with Gasteiger partial charge in [0, 0.05) is 24.7 Å². The third-order valence-electron chi connectivity index (χ3n) is 4.99. The van der Waals surface area contributed by atoms with Gasteiger partial charge in [-0.2, -0.15) is 13.2 Å². The van der Waals surface area contributed by atoms with E-state index < -0.39 is 23.1 Å². The molecule has 174 valence electrons. The summed E-state index contributed by atoms with van der Waals surface area (Å²) in [6.45, 7) is 8.26. The highest BCUT2D eigenvalue weighted by molar-refractivity contribution is 5.71. The summed E-state index contributed by atoms with van der Waals surface area (Å²) < 4.78 is 43.9. The zero-order valence-electron chi connectivity index (χ0n) is 18.5. The number of carbonyl (C=O) groups excluding carboxylic acids is 1. The molecular weight excluding hydrogens is 425 g/mol. The standard InChI is InChI=1S/C22H27F3N4O3/c1-13-10-18(26-15-6-5-9-29(12-15)20(31)32-21(2,3)4)27-28-19(13)16-8-7-14(11-17(16)30)22(23,24)25/h7-8,10-11,15,30H,5-6,9,12H2,1-4H3,(H,26,27)/t15-/m1/s1. The Bertz CT molecular complexity index is 989. The average molecular weight is 452 g/mol. The average Bonchev–Trinajstić information content (AvgIpc) is 2.67. The SMILES string of the molecule is Cc1cc(N[C@@H]2CCCN(C(=O)OC(C)(C)C)C2)nnc1-c1ccc(C(F)(F)F)cc1O. The Kier molecular flexibility index (Phi) is 6.52.